The number of carbonyl (C=O) groups excluding carboxylic acids is 1. The first kappa shape index (κ1) is 17.4. The number of pyridine rings is 1. The third-order valence-electron chi connectivity index (χ3n) is 4.72. The molecule has 4 rings (SSSR count). The lowest BCUT2D eigenvalue weighted by molar-refractivity contribution is -0.132. The van der Waals surface area contributed by atoms with Crippen LogP contribution >= 0.6 is 0 Å². The van der Waals surface area contributed by atoms with Crippen molar-refractivity contribution >= 4 is 5.91 Å². The van der Waals surface area contributed by atoms with E-state index in [2.05, 4.69) is 46.3 Å². The fraction of sp³-hybridized carbons (Fsp3) is 0.333. The van der Waals surface area contributed by atoms with Gasteiger partial charge in [0.1, 0.15) is 0 Å². The Labute approximate surface area is 158 Å². The molecule has 0 unspecified atom stereocenters. The molecule has 0 atom stereocenters. The lowest BCUT2D eigenvalue weighted by atomic mass is 10.1. The molecular weight excluding hydrogens is 340 g/mol. The van der Waals surface area contributed by atoms with Gasteiger partial charge in [-0.25, -0.2) is 0 Å². The summed E-state index contributed by atoms with van der Waals surface area (Å²) in [6.07, 6.45) is 6.38. The largest absolute Gasteiger partial charge is 0.339 e. The second kappa shape index (κ2) is 7.70. The molecule has 1 saturated carbocycles. The van der Waals surface area contributed by atoms with Crippen molar-refractivity contribution in [2.75, 3.05) is 0 Å². The summed E-state index contributed by atoms with van der Waals surface area (Å²) in [6, 6.07) is 12.4. The molecule has 6 nitrogen and oxygen atoms in total. The minimum atomic E-state index is 0.138. The average molecular weight is 362 g/mol. The van der Waals surface area contributed by atoms with Gasteiger partial charge in [0.05, 0.1) is 0 Å². The zero-order valence-electron chi connectivity index (χ0n) is 15.3. The molecule has 0 radical (unpaired) electrons. The van der Waals surface area contributed by atoms with Gasteiger partial charge in [0.25, 0.3) is 0 Å². The quantitative estimate of drug-likeness (QED) is 0.642. The van der Waals surface area contributed by atoms with Gasteiger partial charge in [-0.15, -0.1) is 0 Å². The second-order valence-electron chi connectivity index (χ2n) is 6.99. The minimum absolute atomic E-state index is 0.138. The van der Waals surface area contributed by atoms with E-state index in [1.165, 1.54) is 5.56 Å². The van der Waals surface area contributed by atoms with Gasteiger partial charge in [0.15, 0.2) is 0 Å². The summed E-state index contributed by atoms with van der Waals surface area (Å²) in [5.41, 5.74) is 3.19. The highest BCUT2D eigenvalue weighted by molar-refractivity contribution is 5.77. The van der Waals surface area contributed by atoms with Crippen LogP contribution in [0.4, 0.5) is 0 Å². The van der Waals surface area contributed by atoms with Crippen LogP contribution in [-0.2, 0) is 17.8 Å². The number of hydrogen-bond acceptors (Lipinski definition) is 5. The molecule has 3 aromatic rings. The van der Waals surface area contributed by atoms with Gasteiger partial charge in [-0.2, -0.15) is 4.98 Å². The van der Waals surface area contributed by atoms with Gasteiger partial charge in [-0.3, -0.25) is 9.78 Å². The average Bonchev–Trinajstić information content (AvgIpc) is 3.43. The Hall–Kier alpha value is -3.02. The Kier molecular flexibility index (Phi) is 4.96. The SMILES string of the molecule is Cc1ccc(CN(C(=O)CCc2nc(-c3cccnc3)no2)C2CC2)cc1. The minimum Gasteiger partial charge on any atom is -0.339 e. The predicted molar refractivity (Wildman–Crippen MR) is 101 cm³/mol. The predicted octanol–water partition coefficient (Wildman–Crippen LogP) is 3.56. The van der Waals surface area contributed by atoms with Crippen molar-refractivity contribution in [1.29, 1.82) is 0 Å². The van der Waals surface area contributed by atoms with Crippen LogP contribution in [0.25, 0.3) is 11.4 Å². The van der Waals surface area contributed by atoms with Crippen molar-refractivity contribution in [3.63, 3.8) is 0 Å². The number of carbonyl (C=O) groups is 1. The molecule has 0 spiro atoms. The topological polar surface area (TPSA) is 72.1 Å². The Bertz CT molecular complexity index is 901. The molecule has 0 N–H and O–H groups in total. The summed E-state index contributed by atoms with van der Waals surface area (Å²) in [5, 5.41) is 3.98. The van der Waals surface area contributed by atoms with Crippen LogP contribution < -0.4 is 0 Å². The Morgan fingerprint density at radius 1 is 1.22 bits per heavy atom. The van der Waals surface area contributed by atoms with Crippen molar-refractivity contribution in [3.05, 3.63) is 65.8 Å². The molecule has 1 aliphatic carbocycles. The van der Waals surface area contributed by atoms with E-state index in [-0.39, 0.29) is 5.91 Å². The molecule has 0 bridgehead atoms. The maximum Gasteiger partial charge on any atom is 0.227 e. The molecule has 0 aliphatic heterocycles. The molecule has 0 saturated heterocycles. The summed E-state index contributed by atoms with van der Waals surface area (Å²) in [4.78, 5) is 23.2. The maximum atomic E-state index is 12.8. The molecule has 2 heterocycles. The first-order chi connectivity index (χ1) is 13.2. The van der Waals surface area contributed by atoms with Crippen LogP contribution in [0.5, 0.6) is 0 Å². The van der Waals surface area contributed by atoms with E-state index in [1.807, 2.05) is 17.0 Å². The Balaban J connectivity index is 1.37. The standard InChI is InChI=1S/C21H22N4O2/c1-15-4-6-16(7-5-15)14-25(18-8-9-18)20(26)11-10-19-23-21(24-27-19)17-3-2-12-22-13-17/h2-7,12-13,18H,8-11,14H2,1H3. The van der Waals surface area contributed by atoms with E-state index < -0.39 is 0 Å². The van der Waals surface area contributed by atoms with Crippen molar-refractivity contribution < 1.29 is 9.32 Å². The summed E-state index contributed by atoms with van der Waals surface area (Å²) in [5.74, 6) is 1.12. The number of amides is 1. The van der Waals surface area contributed by atoms with E-state index >= 15 is 0 Å². The fourth-order valence-corrected chi connectivity index (χ4v) is 3.02. The first-order valence-electron chi connectivity index (χ1n) is 9.27. The van der Waals surface area contributed by atoms with Gasteiger partial charge < -0.3 is 9.42 Å². The second-order valence-corrected chi connectivity index (χ2v) is 6.99. The molecule has 6 heteroatoms. The van der Waals surface area contributed by atoms with E-state index in [1.54, 1.807) is 12.4 Å². The van der Waals surface area contributed by atoms with Crippen LogP contribution in [0.2, 0.25) is 0 Å². The highest BCUT2D eigenvalue weighted by atomic mass is 16.5. The van der Waals surface area contributed by atoms with Crippen LogP contribution in [0.3, 0.4) is 0 Å². The van der Waals surface area contributed by atoms with Gasteiger partial charge in [-0.05, 0) is 37.5 Å². The van der Waals surface area contributed by atoms with Crippen molar-refractivity contribution in [1.82, 2.24) is 20.0 Å². The normalized spacial score (nSPS) is 13.5. The van der Waals surface area contributed by atoms with Crippen molar-refractivity contribution in [3.8, 4) is 11.4 Å². The third-order valence-corrected chi connectivity index (χ3v) is 4.72. The number of nitrogens with zero attached hydrogens (tertiary/aromatic N) is 4. The molecular formula is C21H22N4O2. The Morgan fingerprint density at radius 2 is 2.04 bits per heavy atom. The zero-order chi connectivity index (χ0) is 18.6. The summed E-state index contributed by atoms with van der Waals surface area (Å²) >= 11 is 0. The van der Waals surface area contributed by atoms with Crippen molar-refractivity contribution in [2.24, 2.45) is 0 Å². The highest BCUT2D eigenvalue weighted by Crippen LogP contribution is 2.29. The lowest BCUT2D eigenvalue weighted by Gasteiger charge is -2.22. The monoisotopic (exact) mass is 362 g/mol. The first-order valence-corrected chi connectivity index (χ1v) is 9.27. The summed E-state index contributed by atoms with van der Waals surface area (Å²) < 4.78 is 5.30. The third kappa shape index (κ3) is 4.39. The van der Waals surface area contributed by atoms with Crippen molar-refractivity contribution in [2.45, 2.75) is 45.2 Å². The van der Waals surface area contributed by atoms with Gasteiger partial charge in [0.2, 0.25) is 17.6 Å². The molecule has 1 aliphatic rings. The molecule has 27 heavy (non-hydrogen) atoms. The number of aryl methyl sites for hydroxylation is 2. The number of hydrogen-bond donors (Lipinski definition) is 0. The van der Waals surface area contributed by atoms with E-state index in [9.17, 15) is 4.79 Å². The van der Waals surface area contributed by atoms with Crippen LogP contribution in [0.15, 0.2) is 53.3 Å². The van der Waals surface area contributed by atoms with E-state index in [0.717, 1.165) is 24.0 Å². The highest BCUT2D eigenvalue weighted by Gasteiger charge is 2.32. The maximum absolute atomic E-state index is 12.8. The van der Waals surface area contributed by atoms with Crippen LogP contribution in [0, 0.1) is 6.92 Å². The number of benzene rings is 1. The van der Waals surface area contributed by atoms with E-state index in [0.29, 0.717) is 37.1 Å². The van der Waals surface area contributed by atoms with Crippen LogP contribution in [0.1, 0.15) is 36.3 Å². The van der Waals surface area contributed by atoms with E-state index in [4.69, 9.17) is 4.52 Å². The number of rotatable bonds is 7. The van der Waals surface area contributed by atoms with Gasteiger partial charge in [-0.1, -0.05) is 35.0 Å². The molecule has 1 amide bonds. The summed E-state index contributed by atoms with van der Waals surface area (Å²) in [7, 11) is 0. The number of aromatic nitrogens is 3. The summed E-state index contributed by atoms with van der Waals surface area (Å²) in [6.45, 7) is 2.73. The molecule has 1 aromatic carbocycles. The zero-order valence-corrected chi connectivity index (χ0v) is 15.3. The smallest absolute Gasteiger partial charge is 0.227 e. The Morgan fingerprint density at radius 3 is 2.74 bits per heavy atom. The lowest BCUT2D eigenvalue weighted by Crippen LogP contribution is -2.32. The van der Waals surface area contributed by atoms with Gasteiger partial charge in [0, 0.05) is 43.4 Å². The van der Waals surface area contributed by atoms with Gasteiger partial charge >= 0.3 is 0 Å². The van der Waals surface area contributed by atoms with Crippen LogP contribution in [-0.4, -0.2) is 32.0 Å². The molecule has 1 fully saturated rings. The molecule has 2 aromatic heterocycles. The fourth-order valence-electron chi connectivity index (χ4n) is 3.02. The molecule has 138 valence electrons.